The Morgan fingerprint density at radius 3 is 1.93 bits per heavy atom. The lowest BCUT2D eigenvalue weighted by Crippen LogP contribution is -2.39. The Labute approximate surface area is 159 Å². The monoisotopic (exact) mass is 363 g/mol. The molecule has 140 valence electrons. The van der Waals surface area contributed by atoms with Crippen LogP contribution in [0.2, 0.25) is 0 Å². The lowest BCUT2D eigenvalue weighted by Gasteiger charge is -2.25. The third kappa shape index (κ3) is 4.85. The fourth-order valence-electron chi connectivity index (χ4n) is 3.74. The summed E-state index contributed by atoms with van der Waals surface area (Å²) >= 11 is 0. The molecule has 1 aliphatic rings. The highest BCUT2D eigenvalue weighted by Gasteiger charge is 2.33. The predicted octanol–water partition coefficient (Wildman–Crippen LogP) is 3.99. The van der Waals surface area contributed by atoms with E-state index in [9.17, 15) is 14.7 Å². The van der Waals surface area contributed by atoms with Crippen molar-refractivity contribution in [2.24, 2.45) is 11.8 Å². The standard InChI is InChI=1S/C23H25NO3/c25-22(20-13-7-8-14-21(20)23(26)27)24-16-15-19(17-9-3-1-4-10-17)18-11-5-2-6-12-18/h1-12,19-21H,13-16H2,(H,24,25)(H,26,27)/t20-,21-/m1/s1. The van der Waals surface area contributed by atoms with E-state index in [1.54, 1.807) is 0 Å². The molecule has 2 aromatic rings. The van der Waals surface area contributed by atoms with Crippen LogP contribution in [-0.4, -0.2) is 23.5 Å². The van der Waals surface area contributed by atoms with Gasteiger partial charge in [0.05, 0.1) is 11.8 Å². The lowest BCUT2D eigenvalue weighted by atomic mass is 9.82. The number of carboxylic acid groups (broad SMARTS) is 1. The lowest BCUT2D eigenvalue weighted by molar-refractivity contribution is -0.147. The largest absolute Gasteiger partial charge is 0.481 e. The molecule has 2 atom stereocenters. The Hall–Kier alpha value is -2.88. The van der Waals surface area contributed by atoms with Crippen LogP contribution in [0.25, 0.3) is 0 Å². The maximum Gasteiger partial charge on any atom is 0.307 e. The minimum absolute atomic E-state index is 0.161. The van der Waals surface area contributed by atoms with Gasteiger partial charge in [-0.1, -0.05) is 72.8 Å². The molecule has 0 unspecified atom stereocenters. The Morgan fingerprint density at radius 2 is 1.41 bits per heavy atom. The number of benzene rings is 2. The summed E-state index contributed by atoms with van der Waals surface area (Å²) in [6.45, 7) is 0.514. The summed E-state index contributed by atoms with van der Waals surface area (Å²) in [6.07, 6.45) is 5.43. The van der Waals surface area contributed by atoms with Crippen LogP contribution in [0.15, 0.2) is 72.8 Å². The normalized spacial score (nSPS) is 19.0. The zero-order chi connectivity index (χ0) is 19.1. The third-order valence-electron chi connectivity index (χ3n) is 5.22. The van der Waals surface area contributed by atoms with E-state index in [0.717, 1.165) is 6.42 Å². The highest BCUT2D eigenvalue weighted by atomic mass is 16.4. The molecule has 0 fully saturated rings. The van der Waals surface area contributed by atoms with Crippen molar-refractivity contribution in [3.05, 3.63) is 83.9 Å². The topological polar surface area (TPSA) is 66.4 Å². The van der Waals surface area contributed by atoms with Crippen molar-refractivity contribution in [3.63, 3.8) is 0 Å². The van der Waals surface area contributed by atoms with Crippen LogP contribution in [0, 0.1) is 11.8 Å². The molecular weight excluding hydrogens is 338 g/mol. The fourth-order valence-corrected chi connectivity index (χ4v) is 3.74. The summed E-state index contributed by atoms with van der Waals surface area (Å²) in [4.78, 5) is 24.0. The Morgan fingerprint density at radius 1 is 0.889 bits per heavy atom. The molecule has 27 heavy (non-hydrogen) atoms. The van der Waals surface area contributed by atoms with Crippen LogP contribution in [0.1, 0.15) is 36.3 Å². The molecule has 0 aliphatic heterocycles. The first-order valence-electron chi connectivity index (χ1n) is 9.42. The SMILES string of the molecule is O=C(O)[C@@H]1CC=CC[C@H]1C(=O)NCCC(c1ccccc1)c1ccccc1. The predicted molar refractivity (Wildman–Crippen MR) is 105 cm³/mol. The van der Waals surface area contributed by atoms with E-state index < -0.39 is 17.8 Å². The molecule has 1 aliphatic carbocycles. The zero-order valence-electron chi connectivity index (χ0n) is 15.3. The maximum absolute atomic E-state index is 12.6. The minimum Gasteiger partial charge on any atom is -0.481 e. The van der Waals surface area contributed by atoms with Gasteiger partial charge >= 0.3 is 5.97 Å². The second-order valence-electron chi connectivity index (χ2n) is 6.95. The summed E-state index contributed by atoms with van der Waals surface area (Å²) in [5.41, 5.74) is 2.42. The van der Waals surface area contributed by atoms with Gasteiger partial charge < -0.3 is 10.4 Å². The van der Waals surface area contributed by atoms with Crippen LogP contribution < -0.4 is 5.32 Å². The number of amides is 1. The summed E-state index contributed by atoms with van der Waals surface area (Å²) < 4.78 is 0. The second kappa shape index (κ2) is 9.17. The number of carboxylic acids is 1. The average Bonchev–Trinajstić information content (AvgIpc) is 2.72. The van der Waals surface area contributed by atoms with Gasteiger partial charge in [0.15, 0.2) is 0 Å². The first-order valence-corrected chi connectivity index (χ1v) is 9.42. The van der Waals surface area contributed by atoms with Crippen LogP contribution >= 0.6 is 0 Å². The van der Waals surface area contributed by atoms with Crippen molar-refractivity contribution in [2.75, 3.05) is 6.54 Å². The highest BCUT2D eigenvalue weighted by molar-refractivity contribution is 5.85. The number of carbonyl (C=O) groups excluding carboxylic acids is 1. The smallest absolute Gasteiger partial charge is 0.307 e. The van der Waals surface area contributed by atoms with Gasteiger partial charge in [0.2, 0.25) is 5.91 Å². The quantitative estimate of drug-likeness (QED) is 0.731. The average molecular weight is 363 g/mol. The van der Waals surface area contributed by atoms with Crippen molar-refractivity contribution < 1.29 is 14.7 Å². The van der Waals surface area contributed by atoms with Crippen LogP contribution in [0.3, 0.4) is 0 Å². The maximum atomic E-state index is 12.6. The van der Waals surface area contributed by atoms with Crippen LogP contribution in [0.4, 0.5) is 0 Å². The molecule has 0 saturated heterocycles. The molecule has 4 nitrogen and oxygen atoms in total. The number of hydrogen-bond acceptors (Lipinski definition) is 2. The number of aliphatic carboxylic acids is 1. The summed E-state index contributed by atoms with van der Waals surface area (Å²) in [6, 6.07) is 20.5. The van der Waals surface area contributed by atoms with Crippen molar-refractivity contribution >= 4 is 11.9 Å². The van der Waals surface area contributed by atoms with E-state index in [2.05, 4.69) is 29.6 Å². The first-order chi connectivity index (χ1) is 13.2. The summed E-state index contributed by atoms with van der Waals surface area (Å²) in [5, 5.41) is 12.3. The molecule has 2 N–H and O–H groups in total. The van der Waals surface area contributed by atoms with Gasteiger partial charge in [0, 0.05) is 12.5 Å². The number of nitrogens with one attached hydrogen (secondary N) is 1. The summed E-state index contributed by atoms with van der Waals surface area (Å²) in [5.74, 6) is -1.99. The van der Waals surface area contributed by atoms with E-state index in [4.69, 9.17) is 0 Å². The van der Waals surface area contributed by atoms with Gasteiger partial charge in [0.25, 0.3) is 0 Å². The molecule has 0 radical (unpaired) electrons. The number of carbonyl (C=O) groups is 2. The number of hydrogen-bond donors (Lipinski definition) is 2. The van der Waals surface area contributed by atoms with Crippen LogP contribution in [-0.2, 0) is 9.59 Å². The fraction of sp³-hybridized carbons (Fsp3) is 0.304. The number of allylic oxidation sites excluding steroid dienone is 2. The Bertz CT molecular complexity index is 746. The molecular formula is C23H25NO3. The third-order valence-corrected chi connectivity index (χ3v) is 5.22. The molecule has 0 saturated carbocycles. The van der Waals surface area contributed by atoms with Crippen molar-refractivity contribution in [3.8, 4) is 0 Å². The Kier molecular flexibility index (Phi) is 6.42. The van der Waals surface area contributed by atoms with E-state index in [0.29, 0.717) is 19.4 Å². The molecule has 0 spiro atoms. The molecule has 1 amide bonds. The van der Waals surface area contributed by atoms with E-state index in [1.165, 1.54) is 11.1 Å². The molecule has 2 aromatic carbocycles. The van der Waals surface area contributed by atoms with Gasteiger partial charge in [0.1, 0.15) is 0 Å². The van der Waals surface area contributed by atoms with Crippen molar-refractivity contribution in [1.82, 2.24) is 5.32 Å². The second-order valence-corrected chi connectivity index (χ2v) is 6.95. The van der Waals surface area contributed by atoms with E-state index >= 15 is 0 Å². The molecule has 4 heteroatoms. The molecule has 0 heterocycles. The van der Waals surface area contributed by atoms with Gasteiger partial charge in [-0.2, -0.15) is 0 Å². The zero-order valence-corrected chi connectivity index (χ0v) is 15.3. The van der Waals surface area contributed by atoms with E-state index in [1.807, 2.05) is 48.6 Å². The summed E-state index contributed by atoms with van der Waals surface area (Å²) in [7, 11) is 0. The van der Waals surface area contributed by atoms with E-state index in [-0.39, 0.29) is 11.8 Å². The van der Waals surface area contributed by atoms with Gasteiger partial charge in [-0.3, -0.25) is 9.59 Å². The Balaban J connectivity index is 1.65. The molecule has 0 aromatic heterocycles. The van der Waals surface area contributed by atoms with Gasteiger partial charge in [-0.25, -0.2) is 0 Å². The minimum atomic E-state index is -0.897. The highest BCUT2D eigenvalue weighted by Crippen LogP contribution is 2.28. The van der Waals surface area contributed by atoms with Crippen LogP contribution in [0.5, 0.6) is 0 Å². The number of rotatable bonds is 7. The van der Waals surface area contributed by atoms with Crippen molar-refractivity contribution in [2.45, 2.75) is 25.2 Å². The molecule has 0 bridgehead atoms. The van der Waals surface area contributed by atoms with Gasteiger partial charge in [-0.15, -0.1) is 0 Å². The first kappa shape index (κ1) is 18.9. The molecule has 3 rings (SSSR count). The van der Waals surface area contributed by atoms with Crippen molar-refractivity contribution in [1.29, 1.82) is 0 Å². The van der Waals surface area contributed by atoms with Gasteiger partial charge in [-0.05, 0) is 30.4 Å².